The van der Waals surface area contributed by atoms with Crippen molar-refractivity contribution in [1.29, 1.82) is 0 Å². The molecule has 134 valence electrons. The molecular weight excluding hydrogens is 338 g/mol. The summed E-state index contributed by atoms with van der Waals surface area (Å²) in [5, 5.41) is 0. The lowest BCUT2D eigenvalue weighted by Crippen LogP contribution is -2.34. The Bertz CT molecular complexity index is 804. The molecule has 0 bridgehead atoms. The van der Waals surface area contributed by atoms with E-state index in [2.05, 4.69) is 21.5 Å². The first-order valence-electron chi connectivity index (χ1n) is 8.36. The Morgan fingerprint density at radius 1 is 1.20 bits per heavy atom. The number of aromatic nitrogens is 1. The molecular formula is C18H23N3O3S. The lowest BCUT2D eigenvalue weighted by molar-refractivity contribution is 0.414. The Hall–Kier alpha value is -2.28. The van der Waals surface area contributed by atoms with Gasteiger partial charge in [-0.05, 0) is 55.2 Å². The van der Waals surface area contributed by atoms with Crippen molar-refractivity contribution in [3.8, 4) is 5.75 Å². The number of hydrogen-bond acceptors (Lipinski definition) is 5. The number of sulfonamides is 1. The van der Waals surface area contributed by atoms with E-state index in [1.54, 1.807) is 24.4 Å². The van der Waals surface area contributed by atoms with Gasteiger partial charge in [0.2, 0.25) is 0 Å². The van der Waals surface area contributed by atoms with Crippen LogP contribution in [-0.4, -0.2) is 33.6 Å². The maximum absolute atomic E-state index is 12.4. The van der Waals surface area contributed by atoms with Gasteiger partial charge in [0.25, 0.3) is 10.0 Å². The second-order valence-corrected chi connectivity index (χ2v) is 8.06. The van der Waals surface area contributed by atoms with Crippen molar-refractivity contribution >= 4 is 21.5 Å². The summed E-state index contributed by atoms with van der Waals surface area (Å²) in [6, 6.07) is 9.85. The molecule has 7 heteroatoms. The van der Waals surface area contributed by atoms with Crippen LogP contribution in [0.3, 0.4) is 0 Å². The SMILES string of the molecule is COc1ccc(S(=O)(=O)Nc2ccc(N3CCCC(C)C3)cn2)cc1. The topological polar surface area (TPSA) is 71.5 Å². The Labute approximate surface area is 148 Å². The average molecular weight is 361 g/mol. The third-order valence-electron chi connectivity index (χ3n) is 4.38. The maximum Gasteiger partial charge on any atom is 0.263 e. The summed E-state index contributed by atoms with van der Waals surface area (Å²) in [5.41, 5.74) is 1.03. The van der Waals surface area contributed by atoms with Crippen LogP contribution in [-0.2, 0) is 10.0 Å². The van der Waals surface area contributed by atoms with Crippen LogP contribution in [0.25, 0.3) is 0 Å². The van der Waals surface area contributed by atoms with E-state index in [4.69, 9.17) is 4.74 Å². The van der Waals surface area contributed by atoms with Crippen LogP contribution in [0.1, 0.15) is 19.8 Å². The molecule has 1 aliphatic heterocycles. The summed E-state index contributed by atoms with van der Waals surface area (Å²) in [4.78, 5) is 6.73. The van der Waals surface area contributed by atoms with E-state index in [1.807, 2.05) is 6.07 Å². The van der Waals surface area contributed by atoms with Gasteiger partial charge in [-0.1, -0.05) is 6.92 Å². The standard InChI is InChI=1S/C18H23N3O3S/c1-14-4-3-11-21(13-14)15-5-10-18(19-12-15)20-25(22,23)17-8-6-16(24-2)7-9-17/h5-10,12,14H,3-4,11,13H2,1-2H3,(H,19,20). The number of anilines is 2. The van der Waals surface area contributed by atoms with Crippen molar-refractivity contribution in [2.24, 2.45) is 5.92 Å². The van der Waals surface area contributed by atoms with Gasteiger partial charge >= 0.3 is 0 Å². The van der Waals surface area contributed by atoms with Gasteiger partial charge in [-0.3, -0.25) is 4.72 Å². The molecule has 1 aromatic carbocycles. The molecule has 1 aromatic heterocycles. The highest BCUT2D eigenvalue weighted by Gasteiger charge is 2.18. The highest BCUT2D eigenvalue weighted by Crippen LogP contribution is 2.24. The van der Waals surface area contributed by atoms with Crippen molar-refractivity contribution in [1.82, 2.24) is 4.98 Å². The van der Waals surface area contributed by atoms with Gasteiger partial charge in [0.1, 0.15) is 11.6 Å². The summed E-state index contributed by atoms with van der Waals surface area (Å²) in [6.45, 7) is 4.28. The van der Waals surface area contributed by atoms with Crippen LogP contribution in [0.15, 0.2) is 47.5 Å². The van der Waals surface area contributed by atoms with Gasteiger partial charge in [0.05, 0.1) is 23.9 Å². The molecule has 0 saturated carbocycles. The van der Waals surface area contributed by atoms with Gasteiger partial charge in [-0.15, -0.1) is 0 Å². The van der Waals surface area contributed by atoms with Crippen molar-refractivity contribution in [3.63, 3.8) is 0 Å². The zero-order valence-corrected chi connectivity index (χ0v) is 15.3. The highest BCUT2D eigenvalue weighted by molar-refractivity contribution is 7.92. The molecule has 2 aromatic rings. The molecule has 0 spiro atoms. The van der Waals surface area contributed by atoms with Crippen molar-refractivity contribution in [2.45, 2.75) is 24.7 Å². The highest BCUT2D eigenvalue weighted by atomic mass is 32.2. The zero-order chi connectivity index (χ0) is 17.9. The number of nitrogens with zero attached hydrogens (tertiary/aromatic N) is 2. The molecule has 1 N–H and O–H groups in total. The summed E-state index contributed by atoms with van der Waals surface area (Å²) in [6.07, 6.45) is 4.15. The molecule has 2 heterocycles. The fourth-order valence-corrected chi connectivity index (χ4v) is 4.02. The first kappa shape index (κ1) is 17.5. The summed E-state index contributed by atoms with van der Waals surface area (Å²) in [7, 11) is -2.13. The fourth-order valence-electron chi connectivity index (χ4n) is 3.01. The largest absolute Gasteiger partial charge is 0.497 e. The van der Waals surface area contributed by atoms with Crippen LogP contribution in [0.5, 0.6) is 5.75 Å². The predicted octanol–water partition coefficient (Wildman–Crippen LogP) is 3.13. The number of methoxy groups -OCH3 is 1. The molecule has 1 fully saturated rings. The smallest absolute Gasteiger partial charge is 0.263 e. The van der Waals surface area contributed by atoms with Gasteiger partial charge < -0.3 is 9.64 Å². The van der Waals surface area contributed by atoms with Crippen molar-refractivity contribution in [2.75, 3.05) is 29.8 Å². The molecule has 3 rings (SSSR count). The molecule has 0 radical (unpaired) electrons. The molecule has 0 amide bonds. The third kappa shape index (κ3) is 4.22. The normalized spacial score (nSPS) is 18.0. The monoisotopic (exact) mass is 361 g/mol. The molecule has 1 saturated heterocycles. The predicted molar refractivity (Wildman–Crippen MR) is 98.7 cm³/mol. The van der Waals surface area contributed by atoms with E-state index in [-0.39, 0.29) is 4.90 Å². The fraction of sp³-hybridized carbons (Fsp3) is 0.389. The third-order valence-corrected chi connectivity index (χ3v) is 5.75. The number of hydrogen-bond donors (Lipinski definition) is 1. The Balaban J connectivity index is 1.71. The minimum Gasteiger partial charge on any atom is -0.497 e. The van der Waals surface area contributed by atoms with E-state index >= 15 is 0 Å². The summed E-state index contributed by atoms with van der Waals surface area (Å²) >= 11 is 0. The Morgan fingerprint density at radius 2 is 1.96 bits per heavy atom. The minimum absolute atomic E-state index is 0.170. The van der Waals surface area contributed by atoms with E-state index in [0.29, 0.717) is 17.5 Å². The summed E-state index contributed by atoms with van der Waals surface area (Å²) in [5.74, 6) is 1.59. The second-order valence-electron chi connectivity index (χ2n) is 6.38. The van der Waals surface area contributed by atoms with E-state index in [9.17, 15) is 8.42 Å². The molecule has 25 heavy (non-hydrogen) atoms. The second kappa shape index (κ2) is 7.31. The first-order chi connectivity index (χ1) is 12.0. The molecule has 1 unspecified atom stereocenters. The number of rotatable bonds is 5. The van der Waals surface area contributed by atoms with E-state index < -0.39 is 10.0 Å². The first-order valence-corrected chi connectivity index (χ1v) is 9.84. The number of ether oxygens (including phenoxy) is 1. The molecule has 1 aliphatic rings. The van der Waals surface area contributed by atoms with Crippen LogP contribution >= 0.6 is 0 Å². The van der Waals surface area contributed by atoms with Crippen LogP contribution in [0.2, 0.25) is 0 Å². The van der Waals surface area contributed by atoms with Crippen molar-refractivity contribution in [3.05, 3.63) is 42.6 Å². The number of nitrogens with one attached hydrogen (secondary N) is 1. The van der Waals surface area contributed by atoms with E-state index in [0.717, 1.165) is 18.8 Å². The average Bonchev–Trinajstić information content (AvgIpc) is 2.62. The van der Waals surface area contributed by atoms with Crippen LogP contribution in [0.4, 0.5) is 11.5 Å². The van der Waals surface area contributed by atoms with Gasteiger partial charge in [0.15, 0.2) is 0 Å². The Kier molecular flexibility index (Phi) is 5.13. The van der Waals surface area contributed by atoms with Crippen LogP contribution < -0.4 is 14.4 Å². The zero-order valence-electron chi connectivity index (χ0n) is 14.5. The Morgan fingerprint density at radius 3 is 2.56 bits per heavy atom. The lowest BCUT2D eigenvalue weighted by Gasteiger charge is -2.32. The van der Waals surface area contributed by atoms with Crippen LogP contribution in [0, 0.1) is 5.92 Å². The molecule has 6 nitrogen and oxygen atoms in total. The minimum atomic E-state index is -3.67. The van der Waals surface area contributed by atoms with Gasteiger partial charge in [-0.25, -0.2) is 13.4 Å². The van der Waals surface area contributed by atoms with Gasteiger partial charge in [0, 0.05) is 13.1 Å². The molecule has 0 aliphatic carbocycles. The maximum atomic E-state index is 12.4. The number of pyridine rings is 1. The number of piperidine rings is 1. The summed E-state index contributed by atoms with van der Waals surface area (Å²) < 4.78 is 32.4. The van der Waals surface area contributed by atoms with E-state index in [1.165, 1.54) is 32.1 Å². The van der Waals surface area contributed by atoms with Crippen molar-refractivity contribution < 1.29 is 13.2 Å². The number of benzene rings is 1. The lowest BCUT2D eigenvalue weighted by atomic mass is 10.00. The molecule has 1 atom stereocenters. The quantitative estimate of drug-likeness (QED) is 0.886. The van der Waals surface area contributed by atoms with Gasteiger partial charge in [-0.2, -0.15) is 0 Å².